The van der Waals surface area contributed by atoms with Crippen LogP contribution in [0.5, 0.6) is 0 Å². The van der Waals surface area contributed by atoms with Gasteiger partial charge in [0.15, 0.2) is 22.3 Å². The van der Waals surface area contributed by atoms with Crippen LogP contribution in [-0.2, 0) is 14.2 Å². The number of unbranched alkanes of at least 4 members (excludes halogenated alkanes) is 18. The summed E-state index contributed by atoms with van der Waals surface area (Å²) >= 11 is 5.04. The van der Waals surface area contributed by atoms with Crippen LogP contribution < -0.4 is 22.6 Å². The number of aromatic nitrogens is 8. The fourth-order valence-corrected chi connectivity index (χ4v) is 9.22. The Morgan fingerprint density at radius 1 is 0.648 bits per heavy atom. The molecule has 2 aliphatic rings. The number of nitrogen functional groups attached to an aromatic ring is 2. The highest BCUT2D eigenvalue weighted by atomic mass is 35.5. The van der Waals surface area contributed by atoms with Gasteiger partial charge in [-0.2, -0.15) is 9.97 Å². The minimum Gasteiger partial charge on any atom is -0.454 e. The summed E-state index contributed by atoms with van der Waals surface area (Å²) in [4.78, 5) is 67.2. The predicted octanol–water partition coefficient (Wildman–Crippen LogP) is 8.71. The molecule has 2 fully saturated rings. The molecule has 396 valence electrons. The molecule has 4 aromatic rings. The molecule has 0 unspecified atom stereocenters. The Balaban J connectivity index is 0.000000256. The Bertz CT molecular complexity index is 2380. The molecule has 4 aromatic heterocycles. The topological polar surface area (TPSA) is 302 Å². The number of hydrogen-bond donors (Lipinski definition) is 7. The zero-order chi connectivity index (χ0) is 51.7. The summed E-state index contributed by atoms with van der Waals surface area (Å²) in [5, 5.41) is 29.8. The molecule has 4 heterocycles. The number of ether oxygens (including phenoxy) is 3. The van der Waals surface area contributed by atoms with Gasteiger partial charge < -0.3 is 50.1 Å². The van der Waals surface area contributed by atoms with Gasteiger partial charge in [0, 0.05) is 23.4 Å². The highest BCUT2D eigenvalue weighted by Crippen LogP contribution is 2.41. The lowest BCUT2D eigenvalue weighted by Gasteiger charge is -2.17. The van der Waals surface area contributed by atoms with Crippen molar-refractivity contribution in [2.45, 2.75) is 179 Å². The standard InChI is InChI=1S/C25H39N5O5.C13H25ClO2.C12H15N5O3/c1-3-4-5-6-7-8-9-10-11-12-13-34-25(33)35-15-18-17(2)19(14-20(18)31)30-16-27-21-22(30)28-24(26)29-23(21)32;1-2-3-4-5-6-7-8-9-10-11-12-16-13(14)15;1-5-6(3-18)8(19)2-7(5)17-4-14-9-10(17)15-12(13)16-11(9)20/h16,18-20,31H,2-15H2,1H3,(H3,26,28,29,32);2-12H2,1H3;4,6-8,18-19H,1-3H2,(H3,13,15,16,20)/t18-,19-,20-;;6-,7-,8-/m0.0/s1. The Kier molecular flexibility index (Phi) is 25.6. The second-order valence-corrected chi connectivity index (χ2v) is 18.9. The van der Waals surface area contributed by atoms with Crippen LogP contribution in [0.3, 0.4) is 0 Å². The van der Waals surface area contributed by atoms with Gasteiger partial charge in [-0.3, -0.25) is 19.6 Å². The van der Waals surface area contributed by atoms with Crippen LogP contribution >= 0.6 is 11.6 Å². The number of hydrogen-bond acceptors (Lipinski definition) is 16. The number of anilines is 2. The number of carbonyl (C=O) groups is 2. The van der Waals surface area contributed by atoms with Gasteiger partial charge in [0.1, 0.15) is 6.61 Å². The van der Waals surface area contributed by atoms with Crippen LogP contribution in [0.2, 0.25) is 0 Å². The lowest BCUT2D eigenvalue weighted by atomic mass is 10.0. The molecule has 71 heavy (non-hydrogen) atoms. The first-order valence-electron chi connectivity index (χ1n) is 25.6. The fourth-order valence-electron chi connectivity index (χ4n) is 9.15. The second-order valence-electron chi connectivity index (χ2n) is 18.6. The van der Waals surface area contributed by atoms with Crippen molar-refractivity contribution in [1.82, 2.24) is 39.0 Å². The Morgan fingerprint density at radius 3 is 1.42 bits per heavy atom. The minimum absolute atomic E-state index is 0.00659. The van der Waals surface area contributed by atoms with E-state index in [2.05, 4.69) is 61.6 Å². The zero-order valence-electron chi connectivity index (χ0n) is 41.8. The van der Waals surface area contributed by atoms with E-state index in [1.54, 1.807) is 9.13 Å². The summed E-state index contributed by atoms with van der Waals surface area (Å²) in [6.45, 7) is 13.1. The molecule has 6 rings (SSSR count). The summed E-state index contributed by atoms with van der Waals surface area (Å²) in [5.74, 6) is -0.843. The van der Waals surface area contributed by atoms with Gasteiger partial charge in [-0.25, -0.2) is 19.6 Å². The lowest BCUT2D eigenvalue weighted by Crippen LogP contribution is -2.22. The second kappa shape index (κ2) is 31.2. The number of nitrogens with two attached hydrogens (primary N) is 2. The van der Waals surface area contributed by atoms with Crippen molar-refractivity contribution in [1.29, 1.82) is 0 Å². The van der Waals surface area contributed by atoms with Crippen LogP contribution in [0, 0.1) is 11.8 Å². The van der Waals surface area contributed by atoms with Gasteiger partial charge in [-0.15, -0.1) is 0 Å². The molecule has 6 atom stereocenters. The van der Waals surface area contributed by atoms with E-state index in [0.29, 0.717) is 48.5 Å². The van der Waals surface area contributed by atoms with Crippen molar-refractivity contribution in [3.8, 4) is 0 Å². The Morgan fingerprint density at radius 2 is 1.03 bits per heavy atom. The van der Waals surface area contributed by atoms with E-state index in [1.807, 2.05) is 0 Å². The maximum Gasteiger partial charge on any atom is 0.508 e. The van der Waals surface area contributed by atoms with Crippen molar-refractivity contribution >= 4 is 57.4 Å². The predicted molar refractivity (Wildman–Crippen MR) is 275 cm³/mol. The Hall–Kier alpha value is -5.31. The van der Waals surface area contributed by atoms with Crippen LogP contribution in [-0.4, -0.2) is 105 Å². The number of H-pyrrole nitrogens is 2. The van der Waals surface area contributed by atoms with Crippen molar-refractivity contribution in [3.05, 3.63) is 57.7 Å². The third-order valence-corrected chi connectivity index (χ3v) is 13.4. The average Bonchev–Trinajstić information content (AvgIpc) is 4.09. The molecule has 0 amide bonds. The molecule has 20 nitrogen and oxygen atoms in total. The van der Waals surface area contributed by atoms with E-state index < -0.39 is 40.8 Å². The number of carbonyl (C=O) groups excluding carboxylic acids is 2. The first-order chi connectivity index (χ1) is 34.2. The summed E-state index contributed by atoms with van der Waals surface area (Å²) in [6, 6.07) is -0.610. The van der Waals surface area contributed by atoms with Crippen molar-refractivity contribution < 1.29 is 39.1 Å². The lowest BCUT2D eigenvalue weighted by molar-refractivity contribution is 0.0299. The quantitative estimate of drug-likeness (QED) is 0.0127. The molecule has 0 aromatic carbocycles. The van der Waals surface area contributed by atoms with Gasteiger partial charge in [-0.1, -0.05) is 143 Å². The van der Waals surface area contributed by atoms with Gasteiger partial charge in [-0.05, 0) is 36.8 Å². The summed E-state index contributed by atoms with van der Waals surface area (Å²) < 4.78 is 18.4. The number of fused-ring (bicyclic) bond motifs is 2. The van der Waals surface area contributed by atoms with E-state index in [4.69, 9.17) is 32.5 Å². The highest BCUT2D eigenvalue weighted by Gasteiger charge is 2.40. The van der Waals surface area contributed by atoms with Crippen molar-refractivity contribution in [2.75, 3.05) is 37.9 Å². The zero-order valence-corrected chi connectivity index (χ0v) is 42.6. The largest absolute Gasteiger partial charge is 0.508 e. The first kappa shape index (κ1) is 58.3. The number of imidazole rings is 2. The van der Waals surface area contributed by atoms with Gasteiger partial charge in [0.05, 0.1) is 56.8 Å². The number of halogens is 1. The number of aliphatic hydroxyl groups excluding tert-OH is 3. The summed E-state index contributed by atoms with van der Waals surface area (Å²) in [6.07, 6.45) is 26.4. The van der Waals surface area contributed by atoms with E-state index >= 15 is 0 Å². The fraction of sp³-hybridized carbons (Fsp3) is 0.680. The van der Waals surface area contributed by atoms with Crippen molar-refractivity contribution in [2.24, 2.45) is 11.8 Å². The molecule has 0 aliphatic heterocycles. The maximum absolute atomic E-state index is 12.0. The molecule has 9 N–H and O–H groups in total. The average molecular weight is 1020 g/mol. The number of nitrogens with one attached hydrogen (secondary N) is 2. The molecule has 2 aliphatic carbocycles. The summed E-state index contributed by atoms with van der Waals surface area (Å²) in [5.41, 5.74) is 12.1. The molecule has 0 spiro atoms. The third-order valence-electron chi connectivity index (χ3n) is 13.2. The smallest absolute Gasteiger partial charge is 0.454 e. The molecule has 0 radical (unpaired) electrons. The summed E-state index contributed by atoms with van der Waals surface area (Å²) in [7, 11) is 0. The van der Waals surface area contributed by atoms with Crippen molar-refractivity contribution in [3.63, 3.8) is 0 Å². The normalized spacial score (nSPS) is 19.6. The van der Waals surface area contributed by atoms with Gasteiger partial charge in [0.2, 0.25) is 11.9 Å². The first-order valence-corrected chi connectivity index (χ1v) is 26.0. The van der Waals surface area contributed by atoms with Crippen LogP contribution in [0.4, 0.5) is 21.5 Å². The molecule has 21 heteroatoms. The SMILES string of the molecule is C=C1[C@H](CO)[C@@H](O)C[C@@H]1n1cnc2c(=O)[nH]c(N)nc21.C=C1[C@H](COC(=O)OCCCCCCCCCCCC)[C@@H](O)C[C@@H]1n1cnc2c(=O)[nH]c(N)nc21.CCCCCCCCCCCCOC(=O)Cl. The molecule has 0 saturated heterocycles. The maximum atomic E-state index is 12.0. The van der Waals surface area contributed by atoms with E-state index in [0.717, 1.165) is 32.1 Å². The number of aliphatic hydroxyl groups is 3. The monoisotopic (exact) mass is 1010 g/mol. The number of aromatic amines is 2. The minimum atomic E-state index is -0.765. The third kappa shape index (κ3) is 18.4. The van der Waals surface area contributed by atoms with E-state index in [1.165, 1.54) is 109 Å². The van der Waals surface area contributed by atoms with Crippen LogP contribution in [0.25, 0.3) is 22.3 Å². The van der Waals surface area contributed by atoms with E-state index in [9.17, 15) is 34.5 Å². The molecular formula is C50H79ClN10O10. The molecular weight excluding hydrogens is 936 g/mol. The van der Waals surface area contributed by atoms with Gasteiger partial charge in [0.25, 0.3) is 11.1 Å². The Labute approximate surface area is 421 Å². The van der Waals surface area contributed by atoms with Crippen LogP contribution in [0.15, 0.2) is 46.5 Å². The van der Waals surface area contributed by atoms with Crippen LogP contribution in [0.1, 0.15) is 167 Å². The number of rotatable bonds is 27. The number of nitrogens with zero attached hydrogens (tertiary/aromatic N) is 6. The molecule has 2 saturated carbocycles. The molecule has 0 bridgehead atoms. The van der Waals surface area contributed by atoms with E-state index in [-0.39, 0.29) is 54.1 Å². The highest BCUT2D eigenvalue weighted by molar-refractivity contribution is 6.61. The van der Waals surface area contributed by atoms with Gasteiger partial charge >= 0.3 is 11.6 Å².